The predicted octanol–water partition coefficient (Wildman–Crippen LogP) is 1.54. The molecule has 1 aliphatic rings. The first-order valence-electron chi connectivity index (χ1n) is 13.1. The Bertz CT molecular complexity index is 1140. The third-order valence-electron chi connectivity index (χ3n) is 6.75. The summed E-state index contributed by atoms with van der Waals surface area (Å²) in [5.41, 5.74) is 0.274. The summed E-state index contributed by atoms with van der Waals surface area (Å²) in [5.74, 6) is -1.56. The van der Waals surface area contributed by atoms with Crippen LogP contribution >= 0.6 is 0 Å². The van der Waals surface area contributed by atoms with Gasteiger partial charge in [-0.3, -0.25) is 19.2 Å². The van der Waals surface area contributed by atoms with E-state index < -0.39 is 47.9 Å². The van der Waals surface area contributed by atoms with E-state index in [0.717, 1.165) is 18.4 Å². The molecule has 0 saturated heterocycles. The number of carbonyl (C=O) groups is 4. The molecule has 3 amide bonds. The van der Waals surface area contributed by atoms with Crippen molar-refractivity contribution in [3.8, 4) is 0 Å². The fraction of sp³-hybridized carbons (Fsp3) is 0.536. The van der Waals surface area contributed by atoms with Crippen molar-refractivity contribution in [3.05, 3.63) is 53.4 Å². The first-order chi connectivity index (χ1) is 18.6. The number of nitrogens with one attached hydrogen (secondary N) is 3. The molecular weight excluding hydrogens is 504 g/mol. The molecule has 1 heterocycles. The van der Waals surface area contributed by atoms with Crippen LogP contribution in [0, 0.1) is 11.3 Å². The van der Waals surface area contributed by atoms with Crippen LogP contribution in [0.5, 0.6) is 0 Å². The molecule has 11 heteroatoms. The molecule has 3 atom stereocenters. The van der Waals surface area contributed by atoms with E-state index in [-0.39, 0.29) is 36.2 Å². The second-order valence-corrected chi connectivity index (χ2v) is 10.7. The van der Waals surface area contributed by atoms with E-state index in [9.17, 15) is 19.2 Å². The number of ether oxygens (including phenoxy) is 1. The van der Waals surface area contributed by atoms with Gasteiger partial charge < -0.3 is 30.3 Å². The molecule has 1 fully saturated rings. The maximum atomic E-state index is 13.5. The zero-order chi connectivity index (χ0) is 28.6. The number of hydrogen-bond donors (Lipinski definition) is 4. The van der Waals surface area contributed by atoms with Crippen LogP contribution in [0.15, 0.2) is 40.9 Å². The number of aromatic nitrogens is 1. The van der Waals surface area contributed by atoms with Gasteiger partial charge in [-0.05, 0) is 30.7 Å². The normalized spacial score (nSPS) is 16.2. The Morgan fingerprint density at radius 2 is 1.67 bits per heavy atom. The van der Waals surface area contributed by atoms with Crippen molar-refractivity contribution in [1.82, 2.24) is 21.1 Å². The first-order valence-corrected chi connectivity index (χ1v) is 13.1. The fourth-order valence-electron chi connectivity index (χ4n) is 4.24. The van der Waals surface area contributed by atoms with Gasteiger partial charge in [0, 0.05) is 25.0 Å². The van der Waals surface area contributed by atoms with Gasteiger partial charge in [-0.25, -0.2) is 0 Å². The maximum absolute atomic E-state index is 13.5. The largest absolute Gasteiger partial charge is 0.388 e. The SMILES string of the molecule is COC[C@H](NC(=O)c1cc(CO)on1)C(=O)N[C@@H](Cc1ccccc1)C(=O)N[C@@H](CC(C)C)C(=O)C1(C)CC1. The lowest BCUT2D eigenvalue weighted by Gasteiger charge is -2.27. The monoisotopic (exact) mass is 542 g/mol. The van der Waals surface area contributed by atoms with E-state index in [0.29, 0.717) is 6.42 Å². The molecule has 0 unspecified atom stereocenters. The Hall–Kier alpha value is -3.57. The molecule has 1 saturated carbocycles. The van der Waals surface area contributed by atoms with Gasteiger partial charge in [0.25, 0.3) is 5.91 Å². The lowest BCUT2D eigenvalue weighted by Crippen LogP contribution is -2.57. The molecule has 1 aromatic carbocycles. The molecule has 1 aliphatic carbocycles. The Morgan fingerprint density at radius 1 is 1.03 bits per heavy atom. The maximum Gasteiger partial charge on any atom is 0.274 e. The number of carbonyl (C=O) groups excluding carboxylic acids is 4. The topological polar surface area (TPSA) is 160 Å². The van der Waals surface area contributed by atoms with Gasteiger partial charge in [0.1, 0.15) is 18.7 Å². The number of nitrogens with zero attached hydrogens (tertiary/aromatic N) is 1. The summed E-state index contributed by atoms with van der Waals surface area (Å²) in [4.78, 5) is 52.6. The number of amides is 3. The molecule has 39 heavy (non-hydrogen) atoms. The number of Topliss-reactive ketones (excluding diaryl/α,β-unsaturated/α-hetero) is 1. The number of ketones is 1. The van der Waals surface area contributed by atoms with Gasteiger partial charge >= 0.3 is 0 Å². The van der Waals surface area contributed by atoms with Crippen LogP contribution in [0.4, 0.5) is 0 Å². The number of hydrogen-bond acceptors (Lipinski definition) is 8. The second-order valence-electron chi connectivity index (χ2n) is 10.7. The molecule has 11 nitrogen and oxygen atoms in total. The molecule has 0 radical (unpaired) electrons. The number of methoxy groups -OCH3 is 1. The summed E-state index contributed by atoms with van der Waals surface area (Å²) in [5, 5.41) is 20.9. The number of aliphatic hydroxyl groups excluding tert-OH is 1. The Kier molecular flexibility index (Phi) is 10.4. The lowest BCUT2D eigenvalue weighted by atomic mass is 9.91. The van der Waals surface area contributed by atoms with Gasteiger partial charge in [0.2, 0.25) is 11.8 Å². The Morgan fingerprint density at radius 3 is 2.23 bits per heavy atom. The van der Waals surface area contributed by atoms with Gasteiger partial charge in [0.05, 0.1) is 12.6 Å². The Balaban J connectivity index is 1.77. The van der Waals surface area contributed by atoms with Crippen LogP contribution in [-0.2, 0) is 32.1 Å². The van der Waals surface area contributed by atoms with Crippen LogP contribution in [0.1, 0.15) is 61.8 Å². The van der Waals surface area contributed by atoms with Crippen molar-refractivity contribution in [2.75, 3.05) is 13.7 Å². The molecule has 1 aromatic heterocycles. The first kappa shape index (κ1) is 30.0. The number of rotatable bonds is 15. The molecule has 0 bridgehead atoms. The van der Waals surface area contributed by atoms with Gasteiger partial charge in [-0.2, -0.15) is 0 Å². The molecule has 4 N–H and O–H groups in total. The highest BCUT2D eigenvalue weighted by atomic mass is 16.5. The smallest absolute Gasteiger partial charge is 0.274 e. The van der Waals surface area contributed by atoms with Crippen molar-refractivity contribution in [1.29, 1.82) is 0 Å². The van der Waals surface area contributed by atoms with Gasteiger partial charge in [0.15, 0.2) is 17.2 Å². The summed E-state index contributed by atoms with van der Waals surface area (Å²) >= 11 is 0. The summed E-state index contributed by atoms with van der Waals surface area (Å²) in [6.45, 7) is 5.28. The van der Waals surface area contributed by atoms with Crippen LogP contribution in [0.25, 0.3) is 0 Å². The summed E-state index contributed by atoms with van der Waals surface area (Å²) in [6, 6.07) is 7.62. The average molecular weight is 543 g/mol. The molecule has 2 aromatic rings. The standard InChI is InChI=1S/C28H38N4O7/c1-17(2)12-20(24(34)28(3)10-11-28)29-25(35)21(13-18-8-6-5-7-9-18)30-27(37)23(16-38-4)31-26(36)22-14-19(15-33)39-32-22/h5-9,14,17,20-21,23,33H,10-13,15-16H2,1-4H3,(H,29,35)(H,30,37)(H,31,36)/t20-,21-,23-/m0/s1. The zero-order valence-electron chi connectivity index (χ0n) is 22.9. The van der Waals surface area contributed by atoms with Crippen LogP contribution in [0.2, 0.25) is 0 Å². The fourth-order valence-corrected chi connectivity index (χ4v) is 4.24. The highest BCUT2D eigenvalue weighted by Gasteiger charge is 2.48. The van der Waals surface area contributed by atoms with Crippen molar-refractivity contribution >= 4 is 23.5 Å². The van der Waals surface area contributed by atoms with Crippen molar-refractivity contribution in [2.24, 2.45) is 11.3 Å². The van der Waals surface area contributed by atoms with Crippen LogP contribution < -0.4 is 16.0 Å². The number of benzene rings is 1. The van der Waals surface area contributed by atoms with Crippen molar-refractivity contribution in [2.45, 2.75) is 71.2 Å². The van der Waals surface area contributed by atoms with Crippen molar-refractivity contribution < 1.29 is 33.5 Å². The van der Waals surface area contributed by atoms with E-state index in [1.54, 1.807) is 0 Å². The lowest BCUT2D eigenvalue weighted by molar-refractivity contribution is -0.133. The van der Waals surface area contributed by atoms with Crippen LogP contribution in [0.3, 0.4) is 0 Å². The minimum atomic E-state index is -1.15. The Labute approximate surface area is 228 Å². The van der Waals surface area contributed by atoms with Crippen LogP contribution in [-0.4, -0.2) is 65.6 Å². The van der Waals surface area contributed by atoms with E-state index in [1.807, 2.05) is 51.1 Å². The minimum Gasteiger partial charge on any atom is -0.388 e. The number of aliphatic hydroxyl groups is 1. The summed E-state index contributed by atoms with van der Waals surface area (Å²) < 4.78 is 9.97. The van der Waals surface area contributed by atoms with Gasteiger partial charge in [-0.1, -0.05) is 56.3 Å². The molecule has 0 spiro atoms. The highest BCUT2D eigenvalue weighted by molar-refractivity contribution is 5.98. The highest BCUT2D eigenvalue weighted by Crippen LogP contribution is 2.47. The molecule has 212 valence electrons. The zero-order valence-corrected chi connectivity index (χ0v) is 22.9. The van der Waals surface area contributed by atoms with Gasteiger partial charge in [-0.15, -0.1) is 0 Å². The molecular formula is C28H38N4O7. The van der Waals surface area contributed by atoms with E-state index in [2.05, 4.69) is 21.1 Å². The third-order valence-corrected chi connectivity index (χ3v) is 6.75. The summed E-state index contributed by atoms with van der Waals surface area (Å²) in [6.07, 6.45) is 2.26. The van der Waals surface area contributed by atoms with E-state index in [1.165, 1.54) is 13.2 Å². The van der Waals surface area contributed by atoms with E-state index >= 15 is 0 Å². The summed E-state index contributed by atoms with van der Waals surface area (Å²) in [7, 11) is 1.38. The quantitative estimate of drug-likeness (QED) is 0.264. The third kappa shape index (κ3) is 8.46. The minimum absolute atomic E-state index is 0.00808. The predicted molar refractivity (Wildman–Crippen MR) is 141 cm³/mol. The average Bonchev–Trinajstić information content (AvgIpc) is 3.47. The molecule has 3 rings (SSSR count). The molecule has 0 aliphatic heterocycles. The van der Waals surface area contributed by atoms with E-state index in [4.69, 9.17) is 14.4 Å². The van der Waals surface area contributed by atoms with Crippen molar-refractivity contribution in [3.63, 3.8) is 0 Å². The second kappa shape index (κ2) is 13.5.